The molecule has 0 aromatic heterocycles. The first-order valence-electron chi connectivity index (χ1n) is 3.56. The molecule has 0 fully saturated rings. The second-order valence-corrected chi connectivity index (χ2v) is 2.82. The fourth-order valence-electron chi connectivity index (χ4n) is 0.293. The van der Waals surface area contributed by atoms with E-state index in [0.29, 0.717) is 0 Å². The molecule has 6 heteroatoms. The molecule has 0 aliphatic rings. The van der Waals surface area contributed by atoms with Crippen molar-refractivity contribution in [2.45, 2.75) is 12.6 Å². The van der Waals surface area contributed by atoms with Crippen molar-refractivity contribution in [2.75, 3.05) is 7.11 Å². The summed E-state index contributed by atoms with van der Waals surface area (Å²) in [6.45, 7) is 4.30. The molecule has 2 unspecified atom stereocenters. The van der Waals surface area contributed by atoms with Gasteiger partial charge in [-0.25, -0.2) is 4.79 Å². The predicted molar refractivity (Wildman–Crippen MR) is 54.0 cm³/mol. The highest BCUT2D eigenvalue weighted by molar-refractivity contribution is 7.21. The van der Waals surface area contributed by atoms with Gasteiger partial charge in [0.1, 0.15) is 11.4 Å². The first kappa shape index (κ1) is 15.3. The van der Waals surface area contributed by atoms with Gasteiger partial charge in [0.2, 0.25) is 0 Å². The average molecular weight is 220 g/mol. The largest absolute Gasteiger partial charge is 0.478 e. The van der Waals surface area contributed by atoms with Gasteiger partial charge in [-0.2, -0.15) is 0 Å². The zero-order chi connectivity index (χ0) is 11.7. The number of aliphatic carboxylic acids is 1. The third-order valence-corrected chi connectivity index (χ3v) is 1.81. The summed E-state index contributed by atoms with van der Waals surface area (Å²) in [7, 11) is 3.36. The molecule has 0 heterocycles. The van der Waals surface area contributed by atoms with E-state index in [2.05, 4.69) is 20.6 Å². The zero-order valence-electron chi connectivity index (χ0n) is 8.02. The van der Waals surface area contributed by atoms with Crippen molar-refractivity contribution in [2.24, 2.45) is 0 Å². The van der Waals surface area contributed by atoms with Gasteiger partial charge in [0.05, 0.1) is 7.11 Å². The lowest BCUT2D eigenvalue weighted by Gasteiger charge is -2.02. The molecule has 0 saturated carbocycles. The van der Waals surface area contributed by atoms with Crippen LogP contribution in [0.25, 0.3) is 0 Å². The summed E-state index contributed by atoms with van der Waals surface area (Å²) < 4.78 is 4.29. The van der Waals surface area contributed by atoms with Gasteiger partial charge in [0.15, 0.2) is 0 Å². The highest BCUT2D eigenvalue weighted by Crippen LogP contribution is 2.02. The van der Waals surface area contributed by atoms with Crippen LogP contribution in [0.2, 0.25) is 0 Å². The van der Waals surface area contributed by atoms with Gasteiger partial charge in [-0.15, -0.1) is 9.24 Å². The molecular weight excluding hydrogens is 207 g/mol. The van der Waals surface area contributed by atoms with E-state index in [4.69, 9.17) is 5.11 Å². The van der Waals surface area contributed by atoms with Crippen LogP contribution in [-0.2, 0) is 19.1 Å². The van der Waals surface area contributed by atoms with Crippen LogP contribution in [-0.4, -0.2) is 35.6 Å². The molecule has 80 valence electrons. The Kier molecular flexibility index (Phi) is 9.14. The number of carboxylic acids is 1. The van der Waals surface area contributed by atoms with E-state index in [1.807, 2.05) is 0 Å². The van der Waals surface area contributed by atoms with Gasteiger partial charge in [0, 0.05) is 6.08 Å². The molecule has 0 spiro atoms. The molecule has 0 aliphatic heterocycles. The van der Waals surface area contributed by atoms with E-state index in [0.717, 1.165) is 6.08 Å². The molecule has 14 heavy (non-hydrogen) atoms. The number of rotatable bonds is 3. The highest BCUT2D eigenvalue weighted by Gasteiger charge is 2.17. The van der Waals surface area contributed by atoms with Gasteiger partial charge in [-0.1, -0.05) is 6.58 Å². The number of esters is 1. The maximum Gasteiger partial charge on any atom is 0.327 e. The number of carbonyl (C=O) groups is 3. The van der Waals surface area contributed by atoms with Crippen LogP contribution < -0.4 is 0 Å². The van der Waals surface area contributed by atoms with E-state index >= 15 is 0 Å². The topological polar surface area (TPSA) is 80.7 Å². The molecule has 0 bridgehead atoms. The highest BCUT2D eigenvalue weighted by atomic mass is 31.0. The standard InChI is InChI=1S/C5H9O3P.C3H4O2/c1-3(6)4(9)5(7)8-2;1-2-3(4)5/h4H,9H2,1-2H3;2H,1H2,(H,4,5). The van der Waals surface area contributed by atoms with Gasteiger partial charge < -0.3 is 9.84 Å². The Morgan fingerprint density at radius 2 is 1.86 bits per heavy atom. The van der Waals surface area contributed by atoms with Crippen molar-refractivity contribution < 1.29 is 24.2 Å². The molecule has 0 saturated heterocycles. The number of ketones is 1. The van der Waals surface area contributed by atoms with E-state index < -0.39 is 17.6 Å². The smallest absolute Gasteiger partial charge is 0.327 e. The van der Waals surface area contributed by atoms with Crippen LogP contribution in [0.1, 0.15) is 6.92 Å². The average Bonchev–Trinajstić information content (AvgIpc) is 2.16. The van der Waals surface area contributed by atoms with Gasteiger partial charge in [-0.05, 0) is 6.92 Å². The van der Waals surface area contributed by atoms with Crippen molar-refractivity contribution >= 4 is 27.0 Å². The number of carboxylic acid groups (broad SMARTS) is 1. The summed E-state index contributed by atoms with van der Waals surface area (Å²) >= 11 is 0. The number of hydrogen-bond donors (Lipinski definition) is 1. The van der Waals surface area contributed by atoms with E-state index in [-0.39, 0.29) is 5.78 Å². The normalized spacial score (nSPS) is 10.2. The molecule has 5 nitrogen and oxygen atoms in total. The molecule has 0 aliphatic carbocycles. The Bertz CT molecular complexity index is 236. The number of ether oxygens (including phenoxy) is 1. The Labute approximate surface area is 84.3 Å². The predicted octanol–water partition coefficient (Wildman–Crippen LogP) is 0.249. The fourth-order valence-corrected chi connectivity index (χ4v) is 0.429. The molecule has 0 aromatic rings. The Hall–Kier alpha value is -1.22. The maximum absolute atomic E-state index is 10.5. The monoisotopic (exact) mass is 220 g/mol. The number of methoxy groups -OCH3 is 1. The van der Waals surface area contributed by atoms with Crippen LogP contribution in [0.5, 0.6) is 0 Å². The second kappa shape index (κ2) is 8.38. The molecule has 0 radical (unpaired) electrons. The molecule has 2 atom stereocenters. The third kappa shape index (κ3) is 8.87. The SMILES string of the molecule is C=CC(=O)O.COC(=O)C(P)C(C)=O. The Morgan fingerprint density at radius 1 is 1.50 bits per heavy atom. The molecular formula is C8H13O5P. The van der Waals surface area contributed by atoms with Crippen LogP contribution >= 0.6 is 9.24 Å². The van der Waals surface area contributed by atoms with Crippen LogP contribution in [0.15, 0.2) is 12.7 Å². The van der Waals surface area contributed by atoms with Crippen molar-refractivity contribution in [1.82, 2.24) is 0 Å². The van der Waals surface area contributed by atoms with Crippen LogP contribution in [0.4, 0.5) is 0 Å². The first-order valence-corrected chi connectivity index (χ1v) is 4.22. The van der Waals surface area contributed by atoms with E-state index in [1.54, 1.807) is 0 Å². The number of carbonyl (C=O) groups excluding carboxylic acids is 2. The first-order chi connectivity index (χ1) is 6.36. The minimum absolute atomic E-state index is 0.202. The summed E-state index contributed by atoms with van der Waals surface area (Å²) in [5.74, 6) is -1.69. The summed E-state index contributed by atoms with van der Waals surface area (Å²) in [6, 6.07) is 0. The fraction of sp³-hybridized carbons (Fsp3) is 0.375. The zero-order valence-corrected chi connectivity index (χ0v) is 9.17. The molecule has 1 N–H and O–H groups in total. The maximum atomic E-state index is 10.5. The van der Waals surface area contributed by atoms with Crippen LogP contribution in [0, 0.1) is 0 Å². The molecule has 0 amide bonds. The van der Waals surface area contributed by atoms with Crippen molar-refractivity contribution in [3.63, 3.8) is 0 Å². The quantitative estimate of drug-likeness (QED) is 0.319. The van der Waals surface area contributed by atoms with Crippen molar-refractivity contribution in [3.05, 3.63) is 12.7 Å². The summed E-state index contributed by atoms with van der Waals surface area (Å²) in [6.07, 6.45) is 0.833. The third-order valence-electron chi connectivity index (χ3n) is 1.07. The van der Waals surface area contributed by atoms with E-state index in [9.17, 15) is 14.4 Å². The van der Waals surface area contributed by atoms with E-state index in [1.165, 1.54) is 14.0 Å². The van der Waals surface area contributed by atoms with Gasteiger partial charge >= 0.3 is 11.9 Å². The minimum Gasteiger partial charge on any atom is -0.478 e. The minimum atomic E-state index is -0.981. The van der Waals surface area contributed by atoms with Gasteiger partial charge in [0.25, 0.3) is 0 Å². The lowest BCUT2D eigenvalue weighted by atomic mass is 10.3. The molecule has 0 rings (SSSR count). The Morgan fingerprint density at radius 3 is 1.93 bits per heavy atom. The summed E-state index contributed by atoms with van der Waals surface area (Å²) in [5.41, 5.74) is -0.699. The van der Waals surface area contributed by atoms with Crippen LogP contribution in [0.3, 0.4) is 0 Å². The Balaban J connectivity index is 0. The van der Waals surface area contributed by atoms with Crippen molar-refractivity contribution in [3.8, 4) is 0 Å². The van der Waals surface area contributed by atoms with Gasteiger partial charge in [-0.3, -0.25) is 9.59 Å². The lowest BCUT2D eigenvalue weighted by molar-refractivity contribution is -0.142. The van der Waals surface area contributed by atoms with Crippen molar-refractivity contribution in [1.29, 1.82) is 0 Å². The lowest BCUT2D eigenvalue weighted by Crippen LogP contribution is -2.22. The number of hydrogen-bond acceptors (Lipinski definition) is 4. The second-order valence-electron chi connectivity index (χ2n) is 2.15. The number of Topliss-reactive ketones (excluding diaryl/α,β-unsaturated/α-hetero) is 1. The summed E-state index contributed by atoms with van der Waals surface area (Å²) in [4.78, 5) is 30.2. The summed E-state index contributed by atoms with van der Waals surface area (Å²) in [5, 5.41) is 7.60. The molecule has 0 aromatic carbocycles.